The average Bonchev–Trinajstić information content (AvgIpc) is 3.20. The van der Waals surface area contributed by atoms with Gasteiger partial charge in [0.2, 0.25) is 15.9 Å². The van der Waals surface area contributed by atoms with Crippen molar-refractivity contribution in [3.8, 4) is 0 Å². The molecule has 2 fully saturated rings. The standard InChI is InChI=1S/C14H18N2O5S2/c1-22(18,19)12-4-2-11(3-5-12)15-14(17)10-8-16(9-10)23(20,21)13-6-7-13/h2-5,10,13H,6-9H2,1H3,(H,15,17). The first-order valence-electron chi connectivity index (χ1n) is 7.28. The van der Waals surface area contributed by atoms with E-state index in [1.165, 1.54) is 28.6 Å². The first kappa shape index (κ1) is 16.4. The summed E-state index contributed by atoms with van der Waals surface area (Å²) in [7, 11) is -6.47. The third-order valence-electron chi connectivity index (χ3n) is 4.07. The van der Waals surface area contributed by atoms with E-state index in [0.29, 0.717) is 18.5 Å². The summed E-state index contributed by atoms with van der Waals surface area (Å²) in [5.41, 5.74) is 0.492. The Morgan fingerprint density at radius 3 is 2.13 bits per heavy atom. The predicted octanol–water partition coefficient (Wildman–Crippen LogP) is 0.453. The molecule has 0 bridgehead atoms. The second kappa shape index (κ2) is 5.57. The molecule has 1 saturated carbocycles. The number of hydrogen-bond acceptors (Lipinski definition) is 5. The van der Waals surface area contributed by atoms with E-state index in [9.17, 15) is 21.6 Å². The van der Waals surface area contributed by atoms with Crippen molar-refractivity contribution >= 4 is 31.5 Å². The minimum atomic E-state index is -3.27. The monoisotopic (exact) mass is 358 g/mol. The lowest BCUT2D eigenvalue weighted by Gasteiger charge is -2.37. The number of amides is 1. The van der Waals surface area contributed by atoms with Crippen molar-refractivity contribution in [1.29, 1.82) is 0 Å². The third-order valence-corrected chi connectivity index (χ3v) is 7.53. The summed E-state index contributed by atoms with van der Waals surface area (Å²) < 4.78 is 48.0. The van der Waals surface area contributed by atoms with E-state index < -0.39 is 19.9 Å². The van der Waals surface area contributed by atoms with Gasteiger partial charge in [0.05, 0.1) is 16.1 Å². The van der Waals surface area contributed by atoms with Gasteiger partial charge in [-0.05, 0) is 37.1 Å². The molecule has 1 saturated heterocycles. The van der Waals surface area contributed by atoms with Crippen molar-refractivity contribution < 1.29 is 21.6 Å². The van der Waals surface area contributed by atoms with Crippen LogP contribution in [0.5, 0.6) is 0 Å². The number of anilines is 1. The molecular weight excluding hydrogens is 340 g/mol. The van der Waals surface area contributed by atoms with Crippen LogP contribution in [0.2, 0.25) is 0 Å². The van der Waals surface area contributed by atoms with Crippen LogP contribution in [-0.4, -0.2) is 51.6 Å². The lowest BCUT2D eigenvalue weighted by atomic mass is 10.0. The SMILES string of the molecule is CS(=O)(=O)c1ccc(NC(=O)C2CN(S(=O)(=O)C3CC3)C2)cc1. The zero-order valence-electron chi connectivity index (χ0n) is 12.6. The maximum Gasteiger partial charge on any atom is 0.230 e. The zero-order valence-corrected chi connectivity index (χ0v) is 14.2. The summed E-state index contributed by atoms with van der Waals surface area (Å²) in [6, 6.07) is 5.89. The fourth-order valence-electron chi connectivity index (χ4n) is 2.42. The molecular formula is C14H18N2O5S2. The van der Waals surface area contributed by atoms with E-state index in [2.05, 4.69) is 5.32 Å². The van der Waals surface area contributed by atoms with Crippen LogP contribution in [0.1, 0.15) is 12.8 Å². The number of carbonyl (C=O) groups is 1. The first-order chi connectivity index (χ1) is 10.7. The van der Waals surface area contributed by atoms with Gasteiger partial charge in [0.1, 0.15) is 0 Å². The second-order valence-corrected chi connectivity index (χ2v) is 10.3. The van der Waals surface area contributed by atoms with Crippen molar-refractivity contribution in [2.75, 3.05) is 24.7 Å². The quantitative estimate of drug-likeness (QED) is 0.824. The summed E-state index contributed by atoms with van der Waals surface area (Å²) in [5.74, 6) is -0.613. The molecule has 0 radical (unpaired) electrons. The van der Waals surface area contributed by atoms with Crippen LogP contribution in [-0.2, 0) is 24.7 Å². The summed E-state index contributed by atoms with van der Waals surface area (Å²) >= 11 is 0. The van der Waals surface area contributed by atoms with Gasteiger partial charge in [0, 0.05) is 25.0 Å². The molecule has 3 rings (SSSR count). The largest absolute Gasteiger partial charge is 0.326 e. The average molecular weight is 358 g/mol. The van der Waals surface area contributed by atoms with Gasteiger partial charge >= 0.3 is 0 Å². The van der Waals surface area contributed by atoms with Gasteiger partial charge in [-0.1, -0.05) is 0 Å². The molecule has 0 atom stereocenters. The number of rotatable bonds is 5. The summed E-state index contributed by atoms with van der Waals surface area (Å²) in [6.45, 7) is 0.429. The molecule has 2 aliphatic rings. The Kier molecular flexibility index (Phi) is 3.97. The summed E-state index contributed by atoms with van der Waals surface area (Å²) in [5, 5.41) is 2.43. The van der Waals surface area contributed by atoms with Gasteiger partial charge in [-0.15, -0.1) is 0 Å². The Balaban J connectivity index is 1.56. The fourth-order valence-corrected chi connectivity index (χ4v) is 4.98. The molecule has 1 N–H and O–H groups in total. The van der Waals surface area contributed by atoms with E-state index in [-0.39, 0.29) is 35.1 Å². The molecule has 1 aromatic carbocycles. The molecule has 126 valence electrons. The maximum absolute atomic E-state index is 12.1. The Hall–Kier alpha value is -1.45. The van der Waals surface area contributed by atoms with Gasteiger partial charge in [-0.2, -0.15) is 4.31 Å². The highest BCUT2D eigenvalue weighted by atomic mass is 32.2. The van der Waals surface area contributed by atoms with Crippen LogP contribution in [0.4, 0.5) is 5.69 Å². The van der Waals surface area contributed by atoms with Gasteiger partial charge < -0.3 is 5.32 Å². The molecule has 1 aliphatic carbocycles. The van der Waals surface area contributed by atoms with Crippen molar-refractivity contribution in [2.45, 2.75) is 23.0 Å². The summed E-state index contributed by atoms with van der Waals surface area (Å²) in [4.78, 5) is 12.3. The lowest BCUT2D eigenvalue weighted by molar-refractivity contribution is -0.122. The van der Waals surface area contributed by atoms with Crippen LogP contribution in [0.3, 0.4) is 0 Å². The van der Waals surface area contributed by atoms with Crippen LogP contribution in [0, 0.1) is 5.92 Å². The molecule has 1 aliphatic heterocycles. The molecule has 7 nitrogen and oxygen atoms in total. The van der Waals surface area contributed by atoms with E-state index in [0.717, 1.165) is 6.26 Å². The maximum atomic E-state index is 12.1. The summed E-state index contributed by atoms with van der Waals surface area (Å²) in [6.07, 6.45) is 2.54. The van der Waals surface area contributed by atoms with Crippen molar-refractivity contribution in [3.05, 3.63) is 24.3 Å². The van der Waals surface area contributed by atoms with Crippen molar-refractivity contribution in [1.82, 2.24) is 4.31 Å². The molecule has 0 aromatic heterocycles. The number of nitrogens with zero attached hydrogens (tertiary/aromatic N) is 1. The predicted molar refractivity (Wildman–Crippen MR) is 85.2 cm³/mol. The second-order valence-electron chi connectivity index (χ2n) is 6.04. The first-order valence-corrected chi connectivity index (χ1v) is 10.7. The Morgan fingerprint density at radius 1 is 1.09 bits per heavy atom. The van der Waals surface area contributed by atoms with Crippen LogP contribution in [0.15, 0.2) is 29.2 Å². The van der Waals surface area contributed by atoms with Gasteiger partial charge in [-0.25, -0.2) is 16.8 Å². The topological polar surface area (TPSA) is 101 Å². The minimum Gasteiger partial charge on any atom is -0.326 e. The van der Waals surface area contributed by atoms with Gasteiger partial charge in [0.15, 0.2) is 9.84 Å². The number of sulfonamides is 1. The fraction of sp³-hybridized carbons (Fsp3) is 0.500. The zero-order chi connectivity index (χ0) is 16.8. The minimum absolute atomic E-state index is 0.181. The van der Waals surface area contributed by atoms with Gasteiger partial charge in [-0.3, -0.25) is 4.79 Å². The number of nitrogens with one attached hydrogen (secondary N) is 1. The van der Waals surface area contributed by atoms with E-state index in [1.54, 1.807) is 0 Å². The number of hydrogen-bond donors (Lipinski definition) is 1. The highest BCUT2D eigenvalue weighted by molar-refractivity contribution is 7.90. The molecule has 1 amide bonds. The normalized spacial score (nSPS) is 20.0. The number of benzene rings is 1. The molecule has 23 heavy (non-hydrogen) atoms. The number of carbonyl (C=O) groups excluding carboxylic acids is 1. The highest BCUT2D eigenvalue weighted by Gasteiger charge is 2.46. The third kappa shape index (κ3) is 3.41. The Labute approximate surface area is 135 Å². The van der Waals surface area contributed by atoms with Crippen LogP contribution >= 0.6 is 0 Å². The Morgan fingerprint density at radius 2 is 1.65 bits per heavy atom. The highest BCUT2D eigenvalue weighted by Crippen LogP contribution is 2.34. The van der Waals surface area contributed by atoms with Gasteiger partial charge in [0.25, 0.3) is 0 Å². The van der Waals surface area contributed by atoms with E-state index in [4.69, 9.17) is 0 Å². The van der Waals surface area contributed by atoms with E-state index in [1.807, 2.05) is 0 Å². The lowest BCUT2D eigenvalue weighted by Crippen LogP contribution is -2.55. The van der Waals surface area contributed by atoms with Crippen LogP contribution in [0.25, 0.3) is 0 Å². The van der Waals surface area contributed by atoms with E-state index >= 15 is 0 Å². The van der Waals surface area contributed by atoms with Crippen molar-refractivity contribution in [2.24, 2.45) is 5.92 Å². The molecule has 1 heterocycles. The molecule has 1 aromatic rings. The molecule has 0 unspecified atom stereocenters. The molecule has 0 spiro atoms. The van der Waals surface area contributed by atoms with Crippen LogP contribution < -0.4 is 5.32 Å². The Bertz CT molecular complexity index is 820. The smallest absolute Gasteiger partial charge is 0.230 e. The molecule has 9 heteroatoms. The van der Waals surface area contributed by atoms with Crippen molar-refractivity contribution in [3.63, 3.8) is 0 Å². The number of sulfone groups is 1.